The summed E-state index contributed by atoms with van der Waals surface area (Å²) in [5, 5.41) is 0. The van der Waals surface area contributed by atoms with Crippen LogP contribution in [-0.4, -0.2) is 44.1 Å². The van der Waals surface area contributed by atoms with Gasteiger partial charge in [0.1, 0.15) is 0 Å². The fourth-order valence-electron chi connectivity index (χ4n) is 2.73. The Morgan fingerprint density at radius 2 is 1.95 bits per heavy atom. The molecule has 1 aliphatic rings. The predicted octanol–water partition coefficient (Wildman–Crippen LogP) is 1.29. The lowest BCUT2D eigenvalue weighted by atomic mass is 10.1. The molecule has 116 valence electrons. The van der Waals surface area contributed by atoms with E-state index in [4.69, 9.17) is 5.73 Å². The van der Waals surface area contributed by atoms with Gasteiger partial charge in [-0.3, -0.25) is 4.79 Å². The van der Waals surface area contributed by atoms with Crippen molar-refractivity contribution in [3.63, 3.8) is 0 Å². The molecule has 0 spiro atoms. The van der Waals surface area contributed by atoms with Gasteiger partial charge < -0.3 is 10.6 Å². The first-order chi connectivity index (χ1) is 9.89. The van der Waals surface area contributed by atoms with Crippen molar-refractivity contribution < 1.29 is 13.2 Å². The molecule has 6 heteroatoms. The van der Waals surface area contributed by atoms with Crippen LogP contribution in [0.2, 0.25) is 0 Å². The lowest BCUT2D eigenvalue weighted by Gasteiger charge is -2.21. The van der Waals surface area contributed by atoms with Crippen LogP contribution in [0.15, 0.2) is 29.2 Å². The molecule has 1 heterocycles. The smallest absolute Gasteiger partial charge is 0.254 e. The van der Waals surface area contributed by atoms with Crippen LogP contribution in [0.3, 0.4) is 0 Å². The topological polar surface area (TPSA) is 80.5 Å². The molecule has 1 aliphatic heterocycles. The molecule has 2 N–H and O–H groups in total. The van der Waals surface area contributed by atoms with Gasteiger partial charge in [-0.15, -0.1) is 0 Å². The molecule has 2 rings (SSSR count). The number of amides is 1. The maximum Gasteiger partial charge on any atom is 0.254 e. The quantitative estimate of drug-likeness (QED) is 0.908. The number of carbonyl (C=O) groups is 1. The molecule has 1 aromatic carbocycles. The average Bonchev–Trinajstić information content (AvgIpc) is 2.87. The Bertz CT molecular complexity index is 610. The molecule has 21 heavy (non-hydrogen) atoms. The molecule has 1 aromatic rings. The van der Waals surface area contributed by atoms with E-state index < -0.39 is 9.84 Å². The first-order valence-electron chi connectivity index (χ1n) is 7.23. The van der Waals surface area contributed by atoms with Crippen molar-refractivity contribution in [3.05, 3.63) is 29.8 Å². The van der Waals surface area contributed by atoms with Crippen molar-refractivity contribution in [1.29, 1.82) is 0 Å². The number of hydrogen-bond acceptors (Lipinski definition) is 4. The molecule has 0 saturated carbocycles. The summed E-state index contributed by atoms with van der Waals surface area (Å²) in [6.07, 6.45) is 0.921. The number of carbonyl (C=O) groups excluding carboxylic acids is 1. The number of benzene rings is 1. The van der Waals surface area contributed by atoms with Gasteiger partial charge in [-0.05, 0) is 50.1 Å². The Kier molecular flexibility index (Phi) is 4.68. The lowest BCUT2D eigenvalue weighted by molar-refractivity contribution is 0.0743. The summed E-state index contributed by atoms with van der Waals surface area (Å²) in [5.41, 5.74) is 6.20. The van der Waals surface area contributed by atoms with Crippen LogP contribution < -0.4 is 5.73 Å². The van der Waals surface area contributed by atoms with Crippen molar-refractivity contribution in [2.24, 2.45) is 11.7 Å². The largest absolute Gasteiger partial charge is 0.336 e. The SMILES string of the molecule is CCS(=O)(=O)c1ccc(C(=O)N2CC(CN)CC2C)cc1. The van der Waals surface area contributed by atoms with Crippen molar-refractivity contribution >= 4 is 15.7 Å². The van der Waals surface area contributed by atoms with E-state index in [9.17, 15) is 13.2 Å². The highest BCUT2D eigenvalue weighted by Crippen LogP contribution is 2.24. The van der Waals surface area contributed by atoms with Crippen LogP contribution in [0.25, 0.3) is 0 Å². The van der Waals surface area contributed by atoms with Gasteiger partial charge in [0.15, 0.2) is 9.84 Å². The van der Waals surface area contributed by atoms with E-state index in [1.807, 2.05) is 11.8 Å². The Labute approximate surface area is 126 Å². The molecular formula is C15H22N2O3S. The highest BCUT2D eigenvalue weighted by molar-refractivity contribution is 7.91. The zero-order valence-electron chi connectivity index (χ0n) is 12.5. The van der Waals surface area contributed by atoms with Crippen LogP contribution in [0.4, 0.5) is 0 Å². The van der Waals surface area contributed by atoms with Gasteiger partial charge in [0.05, 0.1) is 10.6 Å². The second-order valence-corrected chi connectivity index (χ2v) is 7.85. The minimum absolute atomic E-state index is 0.0566. The molecule has 0 aromatic heterocycles. The van der Waals surface area contributed by atoms with E-state index in [2.05, 4.69) is 0 Å². The van der Waals surface area contributed by atoms with Crippen LogP contribution >= 0.6 is 0 Å². The summed E-state index contributed by atoms with van der Waals surface area (Å²) in [6.45, 7) is 4.88. The van der Waals surface area contributed by atoms with Crippen molar-refractivity contribution in [2.45, 2.75) is 31.2 Å². The highest BCUT2D eigenvalue weighted by atomic mass is 32.2. The van der Waals surface area contributed by atoms with Gasteiger partial charge in [-0.2, -0.15) is 0 Å². The number of hydrogen-bond donors (Lipinski definition) is 1. The number of nitrogens with two attached hydrogens (primary N) is 1. The first-order valence-corrected chi connectivity index (χ1v) is 8.88. The third kappa shape index (κ3) is 3.27. The van der Waals surface area contributed by atoms with Crippen LogP contribution in [0.5, 0.6) is 0 Å². The first kappa shape index (κ1) is 16.0. The summed E-state index contributed by atoms with van der Waals surface area (Å²) in [4.78, 5) is 14.6. The van der Waals surface area contributed by atoms with Crippen LogP contribution in [0, 0.1) is 5.92 Å². The summed E-state index contributed by atoms with van der Waals surface area (Å²) in [7, 11) is -3.22. The average molecular weight is 310 g/mol. The Hall–Kier alpha value is -1.40. The summed E-state index contributed by atoms with van der Waals surface area (Å²) in [5.74, 6) is 0.351. The maximum absolute atomic E-state index is 12.5. The van der Waals surface area contributed by atoms with Crippen molar-refractivity contribution in [2.75, 3.05) is 18.8 Å². The lowest BCUT2D eigenvalue weighted by Crippen LogP contribution is -2.34. The van der Waals surface area contributed by atoms with Gasteiger partial charge >= 0.3 is 0 Å². The molecule has 5 nitrogen and oxygen atoms in total. The second kappa shape index (κ2) is 6.15. The van der Waals surface area contributed by atoms with E-state index in [0.717, 1.165) is 6.42 Å². The molecule has 2 atom stereocenters. The zero-order chi connectivity index (χ0) is 15.6. The molecule has 1 saturated heterocycles. The summed E-state index contributed by atoms with van der Waals surface area (Å²) >= 11 is 0. The zero-order valence-corrected chi connectivity index (χ0v) is 13.3. The van der Waals surface area contributed by atoms with Crippen molar-refractivity contribution in [3.8, 4) is 0 Å². The van der Waals surface area contributed by atoms with Gasteiger partial charge in [-0.25, -0.2) is 8.42 Å². The normalized spacial score (nSPS) is 22.5. The van der Waals surface area contributed by atoms with E-state index in [1.165, 1.54) is 12.1 Å². The van der Waals surface area contributed by atoms with Crippen LogP contribution in [0.1, 0.15) is 30.6 Å². The molecule has 0 bridgehead atoms. The molecular weight excluding hydrogens is 288 g/mol. The van der Waals surface area contributed by atoms with Gasteiger partial charge in [0.2, 0.25) is 0 Å². The third-order valence-corrected chi connectivity index (χ3v) is 5.85. The molecule has 1 amide bonds. The van der Waals surface area contributed by atoms with Gasteiger partial charge in [0.25, 0.3) is 5.91 Å². The molecule has 0 radical (unpaired) electrons. The summed E-state index contributed by atoms with van der Waals surface area (Å²) < 4.78 is 23.5. The molecule has 0 aliphatic carbocycles. The minimum Gasteiger partial charge on any atom is -0.336 e. The second-order valence-electron chi connectivity index (χ2n) is 5.57. The fraction of sp³-hybridized carbons (Fsp3) is 0.533. The predicted molar refractivity (Wildman–Crippen MR) is 81.8 cm³/mol. The number of rotatable bonds is 4. The maximum atomic E-state index is 12.5. The molecule has 1 fully saturated rings. The van der Waals surface area contributed by atoms with E-state index in [-0.39, 0.29) is 22.6 Å². The number of likely N-dealkylation sites (tertiary alicyclic amines) is 1. The van der Waals surface area contributed by atoms with Gasteiger partial charge in [0, 0.05) is 18.2 Å². The number of nitrogens with zero attached hydrogens (tertiary/aromatic N) is 1. The third-order valence-electron chi connectivity index (χ3n) is 4.10. The Morgan fingerprint density at radius 1 is 1.33 bits per heavy atom. The Morgan fingerprint density at radius 3 is 2.43 bits per heavy atom. The minimum atomic E-state index is -3.22. The van der Waals surface area contributed by atoms with Crippen molar-refractivity contribution in [1.82, 2.24) is 4.90 Å². The fourth-order valence-corrected chi connectivity index (χ4v) is 3.62. The Balaban J connectivity index is 2.18. The standard InChI is InChI=1S/C15H22N2O3S/c1-3-21(19,20)14-6-4-13(5-7-14)15(18)17-10-12(9-16)8-11(17)2/h4-7,11-12H,3,8-10,16H2,1-2H3. The van der Waals surface area contributed by atoms with Crippen LogP contribution in [-0.2, 0) is 9.84 Å². The van der Waals surface area contributed by atoms with E-state index >= 15 is 0 Å². The van der Waals surface area contributed by atoms with Gasteiger partial charge in [-0.1, -0.05) is 6.92 Å². The highest BCUT2D eigenvalue weighted by Gasteiger charge is 2.32. The van der Waals surface area contributed by atoms with E-state index in [0.29, 0.717) is 24.6 Å². The number of sulfone groups is 1. The summed E-state index contributed by atoms with van der Waals surface area (Å²) in [6, 6.07) is 6.37. The monoisotopic (exact) mass is 310 g/mol. The van der Waals surface area contributed by atoms with E-state index in [1.54, 1.807) is 19.1 Å². The molecule has 2 unspecified atom stereocenters.